The Kier molecular flexibility index (Phi) is 7.02. The molecule has 3 aliphatic rings. The highest BCUT2D eigenvalue weighted by molar-refractivity contribution is 6.77. The highest BCUT2D eigenvalue weighted by Crippen LogP contribution is 2.62. The minimum Gasteiger partial charge on any atom is -0.416 e. The zero-order chi connectivity index (χ0) is 22.4. The molecule has 30 heavy (non-hydrogen) atoms. The van der Waals surface area contributed by atoms with Gasteiger partial charge in [-0.15, -0.1) is 0 Å². The molecule has 0 aromatic heterocycles. The van der Waals surface area contributed by atoms with Gasteiger partial charge in [-0.25, -0.2) is 0 Å². The van der Waals surface area contributed by atoms with Crippen LogP contribution in [0.5, 0.6) is 0 Å². The fraction of sp³-hybridized carbons (Fsp3) is 0.920. The van der Waals surface area contributed by atoms with E-state index < -0.39 is 20.2 Å². The molecule has 1 spiro atoms. The van der Waals surface area contributed by atoms with Crippen molar-refractivity contribution in [3.8, 4) is 0 Å². The summed E-state index contributed by atoms with van der Waals surface area (Å²) in [5.41, 5.74) is 1.27. The van der Waals surface area contributed by atoms with Gasteiger partial charge in [-0.2, -0.15) is 0 Å². The fourth-order valence-corrected chi connectivity index (χ4v) is 13.0. The molecule has 2 aliphatic carbocycles. The van der Waals surface area contributed by atoms with Gasteiger partial charge in [0.2, 0.25) is 0 Å². The highest BCUT2D eigenvalue weighted by Gasteiger charge is 2.63. The SMILES string of the molecule is CC(C)[Si](OCC[C@]1(C)C(O)C=C[C@@]2(C)[C@H]1CCCC21OCCO1)(C(C)C)C(C)C. The van der Waals surface area contributed by atoms with E-state index in [1.807, 2.05) is 6.08 Å². The molecule has 5 heteroatoms. The zero-order valence-corrected chi connectivity index (χ0v) is 21.7. The largest absolute Gasteiger partial charge is 0.416 e. The Bertz CT molecular complexity index is 603. The first kappa shape index (κ1) is 24.4. The molecule has 4 atom stereocenters. The number of fused-ring (bicyclic) bond motifs is 2. The molecule has 1 saturated carbocycles. The molecule has 1 aliphatic heterocycles. The Balaban J connectivity index is 1.84. The molecule has 0 radical (unpaired) electrons. The molecule has 1 saturated heterocycles. The number of hydrogen-bond donors (Lipinski definition) is 1. The first-order valence-corrected chi connectivity index (χ1v) is 14.4. The van der Waals surface area contributed by atoms with Gasteiger partial charge in [-0.3, -0.25) is 0 Å². The number of rotatable bonds is 7. The van der Waals surface area contributed by atoms with Gasteiger partial charge in [-0.1, -0.05) is 67.5 Å². The van der Waals surface area contributed by atoms with Gasteiger partial charge >= 0.3 is 0 Å². The van der Waals surface area contributed by atoms with E-state index in [0.29, 0.717) is 35.8 Å². The summed E-state index contributed by atoms with van der Waals surface area (Å²) in [6.07, 6.45) is 7.75. The van der Waals surface area contributed by atoms with E-state index in [1.165, 1.54) is 0 Å². The second-order valence-electron chi connectivity index (χ2n) is 11.4. The van der Waals surface area contributed by atoms with Crippen LogP contribution in [0, 0.1) is 16.7 Å². The topological polar surface area (TPSA) is 47.9 Å². The Morgan fingerprint density at radius 1 is 1.03 bits per heavy atom. The average Bonchev–Trinajstić information content (AvgIpc) is 3.13. The van der Waals surface area contributed by atoms with Crippen molar-refractivity contribution in [1.82, 2.24) is 0 Å². The van der Waals surface area contributed by atoms with Crippen LogP contribution in [0.2, 0.25) is 16.6 Å². The number of hydrogen-bond acceptors (Lipinski definition) is 4. The molecular weight excluding hydrogens is 392 g/mol. The molecule has 1 heterocycles. The lowest BCUT2D eigenvalue weighted by Gasteiger charge is -2.59. The van der Waals surface area contributed by atoms with Crippen LogP contribution in [0.4, 0.5) is 0 Å². The number of aliphatic hydroxyl groups excluding tert-OH is 1. The van der Waals surface area contributed by atoms with Gasteiger partial charge in [0.1, 0.15) is 0 Å². The highest BCUT2D eigenvalue weighted by atomic mass is 28.4. The molecule has 1 unspecified atom stereocenters. The molecule has 0 amide bonds. The van der Waals surface area contributed by atoms with Crippen molar-refractivity contribution in [2.45, 2.75) is 110 Å². The monoisotopic (exact) mass is 438 g/mol. The predicted octanol–water partition coefficient (Wildman–Crippen LogP) is 6.06. The third-order valence-electron chi connectivity index (χ3n) is 9.09. The number of ether oxygens (including phenoxy) is 2. The summed E-state index contributed by atoms with van der Waals surface area (Å²) in [5, 5.41) is 11.2. The minimum absolute atomic E-state index is 0.210. The summed E-state index contributed by atoms with van der Waals surface area (Å²) >= 11 is 0. The summed E-state index contributed by atoms with van der Waals surface area (Å²) in [6, 6.07) is 0. The molecule has 1 N–H and O–H groups in total. The first-order valence-electron chi connectivity index (χ1n) is 12.3. The van der Waals surface area contributed by atoms with Crippen molar-refractivity contribution in [1.29, 1.82) is 0 Å². The smallest absolute Gasteiger partial charge is 0.200 e. The van der Waals surface area contributed by atoms with E-state index >= 15 is 0 Å². The summed E-state index contributed by atoms with van der Waals surface area (Å²) in [4.78, 5) is 0. The van der Waals surface area contributed by atoms with E-state index in [9.17, 15) is 5.11 Å². The third kappa shape index (κ3) is 3.57. The van der Waals surface area contributed by atoms with Crippen LogP contribution in [0.15, 0.2) is 12.2 Å². The maximum absolute atomic E-state index is 11.2. The van der Waals surface area contributed by atoms with Gasteiger partial charge < -0.3 is 19.0 Å². The fourth-order valence-electron chi connectivity index (χ4n) is 7.53. The molecule has 0 aromatic carbocycles. The van der Waals surface area contributed by atoms with Gasteiger partial charge in [0.15, 0.2) is 14.1 Å². The van der Waals surface area contributed by atoms with Crippen molar-refractivity contribution in [3.63, 3.8) is 0 Å². The summed E-state index contributed by atoms with van der Waals surface area (Å²) in [5.74, 6) is -0.213. The van der Waals surface area contributed by atoms with Gasteiger partial charge in [-0.05, 0) is 41.8 Å². The molecule has 4 nitrogen and oxygen atoms in total. The van der Waals surface area contributed by atoms with Gasteiger partial charge in [0.05, 0.1) is 19.3 Å². The van der Waals surface area contributed by atoms with Crippen LogP contribution in [0.1, 0.15) is 81.1 Å². The molecule has 0 bridgehead atoms. The minimum atomic E-state index is -1.91. The summed E-state index contributed by atoms with van der Waals surface area (Å²) in [7, 11) is -1.91. The van der Waals surface area contributed by atoms with Crippen LogP contribution in [-0.4, -0.2) is 45.1 Å². The maximum Gasteiger partial charge on any atom is 0.200 e. The number of aliphatic hydroxyl groups is 1. The molecule has 2 fully saturated rings. The Hall–Kier alpha value is -0.203. The summed E-state index contributed by atoms with van der Waals surface area (Å²) in [6.45, 7) is 20.6. The van der Waals surface area contributed by atoms with E-state index in [4.69, 9.17) is 13.9 Å². The van der Waals surface area contributed by atoms with Gasteiger partial charge in [0.25, 0.3) is 0 Å². The Morgan fingerprint density at radius 3 is 2.13 bits per heavy atom. The second kappa shape index (κ2) is 8.62. The van der Waals surface area contributed by atoms with E-state index in [0.717, 1.165) is 32.3 Å². The molecule has 174 valence electrons. The van der Waals surface area contributed by atoms with Crippen LogP contribution in [0.25, 0.3) is 0 Å². The Morgan fingerprint density at radius 2 is 1.60 bits per heavy atom. The van der Waals surface area contributed by atoms with Crippen LogP contribution >= 0.6 is 0 Å². The van der Waals surface area contributed by atoms with Crippen LogP contribution in [-0.2, 0) is 13.9 Å². The van der Waals surface area contributed by atoms with Crippen molar-refractivity contribution in [2.24, 2.45) is 16.7 Å². The van der Waals surface area contributed by atoms with E-state index in [-0.39, 0.29) is 10.8 Å². The molecule has 0 aromatic rings. The van der Waals surface area contributed by atoms with Gasteiger partial charge in [0, 0.05) is 23.9 Å². The van der Waals surface area contributed by atoms with E-state index in [2.05, 4.69) is 61.5 Å². The van der Waals surface area contributed by atoms with E-state index in [1.54, 1.807) is 0 Å². The lowest BCUT2D eigenvalue weighted by molar-refractivity contribution is -0.272. The predicted molar refractivity (Wildman–Crippen MR) is 125 cm³/mol. The van der Waals surface area contributed by atoms with Crippen molar-refractivity contribution in [2.75, 3.05) is 19.8 Å². The summed E-state index contributed by atoms with van der Waals surface area (Å²) < 4.78 is 19.4. The Labute approximate surface area is 185 Å². The quantitative estimate of drug-likeness (QED) is 0.388. The standard InChI is InChI=1S/C25H46O4Si/c1-18(2)30(19(3)4,20(5)6)29-15-14-23(7)21-10-9-12-25(27-16-17-28-25)24(21,8)13-11-22(23)26/h11,13,18-22,26H,9-10,12,14-17H2,1-8H3/t21-,22?,23-,24-/m0/s1. The van der Waals surface area contributed by atoms with Crippen molar-refractivity contribution < 1.29 is 19.0 Å². The normalized spacial score (nSPS) is 36.3. The van der Waals surface area contributed by atoms with Crippen molar-refractivity contribution >= 4 is 8.32 Å². The lowest BCUT2D eigenvalue weighted by Crippen LogP contribution is -2.61. The molecular formula is C25H46O4Si. The van der Waals surface area contributed by atoms with Crippen LogP contribution < -0.4 is 0 Å². The first-order chi connectivity index (χ1) is 14.0. The third-order valence-corrected chi connectivity index (χ3v) is 15.2. The van der Waals surface area contributed by atoms with Crippen molar-refractivity contribution in [3.05, 3.63) is 12.2 Å². The second-order valence-corrected chi connectivity index (χ2v) is 16.9. The lowest BCUT2D eigenvalue weighted by atomic mass is 9.50. The molecule has 3 rings (SSSR count). The maximum atomic E-state index is 11.2. The zero-order valence-electron chi connectivity index (χ0n) is 20.7. The average molecular weight is 439 g/mol. The van der Waals surface area contributed by atoms with Crippen LogP contribution in [0.3, 0.4) is 0 Å².